The third kappa shape index (κ3) is 5.08. The molecule has 232 valence electrons. The fraction of sp³-hybridized carbons (Fsp3) is 0.314. The number of benzene rings is 3. The van der Waals surface area contributed by atoms with Crippen molar-refractivity contribution in [3.05, 3.63) is 114 Å². The van der Waals surface area contributed by atoms with Crippen molar-refractivity contribution < 1.29 is 28.4 Å². The number of halogens is 1. The Bertz CT molecular complexity index is 1720. The molecule has 0 spiro atoms. The summed E-state index contributed by atoms with van der Waals surface area (Å²) in [5, 5.41) is 15.4. The van der Waals surface area contributed by atoms with Gasteiger partial charge in [0.15, 0.2) is 12.4 Å². The Morgan fingerprint density at radius 1 is 0.933 bits per heavy atom. The Kier molecular flexibility index (Phi) is 7.87. The normalized spacial score (nSPS) is 21.3. The highest BCUT2D eigenvalue weighted by molar-refractivity contribution is 5.91. The topological polar surface area (TPSA) is 99.9 Å². The van der Waals surface area contributed by atoms with E-state index in [0.29, 0.717) is 17.1 Å². The number of ether oxygens (including phenoxy) is 4. The second-order valence-electron chi connectivity index (χ2n) is 11.3. The van der Waals surface area contributed by atoms with Crippen LogP contribution in [0.25, 0.3) is 11.0 Å². The van der Waals surface area contributed by atoms with Crippen LogP contribution in [0, 0.1) is 0 Å². The number of methoxy groups -OCH3 is 2. The molecule has 2 N–H and O–H groups in total. The van der Waals surface area contributed by atoms with Gasteiger partial charge in [-0.25, -0.2) is 14.4 Å². The molecule has 10 heteroatoms. The molecule has 1 saturated heterocycles. The molecule has 0 aliphatic carbocycles. The first-order valence-corrected chi connectivity index (χ1v) is 15.1. The fourth-order valence-electron chi connectivity index (χ4n) is 6.51. The summed E-state index contributed by atoms with van der Waals surface area (Å²) in [7, 11) is 3.24. The van der Waals surface area contributed by atoms with Gasteiger partial charge in [-0.05, 0) is 59.4 Å². The van der Waals surface area contributed by atoms with Crippen LogP contribution in [-0.4, -0.2) is 65.4 Å². The highest BCUT2D eigenvalue weighted by atomic mass is 19.1. The number of nitrogens with one attached hydrogen (secondary N) is 1. The summed E-state index contributed by atoms with van der Waals surface area (Å²) < 4.78 is 41.7. The Balaban J connectivity index is 1.26. The van der Waals surface area contributed by atoms with Gasteiger partial charge in [0.1, 0.15) is 47.1 Å². The van der Waals surface area contributed by atoms with E-state index in [9.17, 15) is 5.11 Å². The standard InChI is InChI=1S/C35H35FN4O5/c1-42-26-14-10-24(11-15-26)35(23-8-4-3-5-9-23,25-12-16-27(43-2)17-13-25)44-20-28-31(41)30(36)34(45-28)40-19-22-7-6-18-37-32-29(22)33(40)39-21-38-32/h3-5,8-17,19,21,28,30-31,34,41H,6-7,18,20H2,1-2H3,(H,37,38,39)/t28-,30+,31?,34-/m1/s1. The number of hydrogen-bond donors (Lipinski definition) is 2. The third-order valence-electron chi connectivity index (χ3n) is 8.81. The number of anilines is 1. The van der Waals surface area contributed by atoms with E-state index < -0.39 is 30.2 Å². The van der Waals surface area contributed by atoms with E-state index in [4.69, 9.17) is 18.9 Å². The average molecular weight is 611 g/mol. The molecule has 4 atom stereocenters. The van der Waals surface area contributed by atoms with E-state index in [-0.39, 0.29) is 6.61 Å². The van der Waals surface area contributed by atoms with Gasteiger partial charge in [0.2, 0.25) is 0 Å². The molecule has 2 aliphatic heterocycles. The quantitative estimate of drug-likeness (QED) is 0.214. The van der Waals surface area contributed by atoms with Gasteiger partial charge in [0.05, 0.1) is 26.2 Å². The molecule has 1 unspecified atom stereocenters. The zero-order chi connectivity index (χ0) is 31.0. The minimum atomic E-state index is -1.70. The molecule has 45 heavy (non-hydrogen) atoms. The number of aliphatic hydroxyl groups excluding tert-OH is 1. The van der Waals surface area contributed by atoms with Gasteiger partial charge >= 0.3 is 0 Å². The smallest absolute Gasteiger partial charge is 0.173 e. The molecule has 3 aromatic carbocycles. The van der Waals surface area contributed by atoms with E-state index in [1.165, 1.54) is 6.33 Å². The summed E-state index contributed by atoms with van der Waals surface area (Å²) >= 11 is 0. The molecular weight excluding hydrogens is 575 g/mol. The van der Waals surface area contributed by atoms with Gasteiger partial charge < -0.3 is 33.9 Å². The molecule has 0 radical (unpaired) electrons. The molecule has 2 aromatic heterocycles. The predicted molar refractivity (Wildman–Crippen MR) is 167 cm³/mol. The summed E-state index contributed by atoms with van der Waals surface area (Å²) in [4.78, 5) is 8.88. The average Bonchev–Trinajstić information content (AvgIpc) is 3.51. The highest BCUT2D eigenvalue weighted by Gasteiger charge is 2.48. The van der Waals surface area contributed by atoms with Crippen LogP contribution >= 0.6 is 0 Å². The predicted octanol–water partition coefficient (Wildman–Crippen LogP) is 5.41. The van der Waals surface area contributed by atoms with E-state index in [2.05, 4.69) is 15.3 Å². The largest absolute Gasteiger partial charge is 0.497 e. The van der Waals surface area contributed by atoms with E-state index in [1.807, 2.05) is 85.1 Å². The molecule has 2 aliphatic rings. The van der Waals surface area contributed by atoms with Gasteiger partial charge in [-0.2, -0.15) is 0 Å². The fourth-order valence-corrected chi connectivity index (χ4v) is 6.51. The van der Waals surface area contributed by atoms with Crippen LogP contribution in [0.2, 0.25) is 0 Å². The number of aromatic nitrogens is 3. The van der Waals surface area contributed by atoms with Gasteiger partial charge in [0, 0.05) is 12.7 Å². The van der Waals surface area contributed by atoms with Crippen molar-refractivity contribution in [2.24, 2.45) is 0 Å². The molecule has 9 nitrogen and oxygen atoms in total. The second kappa shape index (κ2) is 12.1. The number of rotatable bonds is 9. The zero-order valence-electron chi connectivity index (χ0n) is 25.1. The van der Waals surface area contributed by atoms with Crippen LogP contribution in [-0.2, 0) is 21.5 Å². The van der Waals surface area contributed by atoms with E-state index in [1.54, 1.807) is 18.8 Å². The summed E-state index contributed by atoms with van der Waals surface area (Å²) in [5.74, 6) is 2.13. The van der Waals surface area contributed by atoms with Gasteiger partial charge in [0.25, 0.3) is 0 Å². The van der Waals surface area contributed by atoms with E-state index in [0.717, 1.165) is 52.8 Å². The summed E-state index contributed by atoms with van der Waals surface area (Å²) in [5.41, 5.74) is 2.97. The SMILES string of the molecule is COc1ccc(C(OC[C@H]2O[C@@H](n3cc4c5c(ncnc53)NCCC4)[C@@H](F)C2O)(c2ccccc2)c2ccc(OC)cc2)cc1. The highest BCUT2D eigenvalue weighted by Crippen LogP contribution is 2.44. The van der Waals surface area contributed by atoms with Crippen molar-refractivity contribution in [2.75, 3.05) is 32.7 Å². The van der Waals surface area contributed by atoms with Crippen molar-refractivity contribution in [3.63, 3.8) is 0 Å². The number of hydrogen-bond acceptors (Lipinski definition) is 8. The van der Waals surface area contributed by atoms with Crippen LogP contribution in [0.4, 0.5) is 10.2 Å². The van der Waals surface area contributed by atoms with Crippen molar-refractivity contribution >= 4 is 16.9 Å². The molecular formula is C35H35FN4O5. The maximum Gasteiger partial charge on any atom is 0.173 e. The number of nitrogens with zero attached hydrogens (tertiary/aromatic N) is 3. The first kappa shape index (κ1) is 29.2. The summed E-state index contributed by atoms with van der Waals surface area (Å²) in [6, 6.07) is 25.1. The minimum absolute atomic E-state index is 0.0983. The maximum atomic E-state index is 16.0. The summed E-state index contributed by atoms with van der Waals surface area (Å²) in [6.45, 7) is 0.703. The lowest BCUT2D eigenvalue weighted by Crippen LogP contribution is -2.39. The molecule has 7 rings (SSSR count). The van der Waals surface area contributed by atoms with Crippen molar-refractivity contribution in [1.29, 1.82) is 0 Å². The van der Waals surface area contributed by atoms with Gasteiger partial charge in [-0.3, -0.25) is 0 Å². The van der Waals surface area contributed by atoms with Crippen LogP contribution in [0.5, 0.6) is 11.5 Å². The summed E-state index contributed by atoms with van der Waals surface area (Å²) in [6.07, 6.45) is -0.110. The van der Waals surface area contributed by atoms with Crippen LogP contribution in [0.3, 0.4) is 0 Å². The Labute approximate surface area is 260 Å². The van der Waals surface area contributed by atoms with Crippen LogP contribution < -0.4 is 14.8 Å². The third-order valence-corrected chi connectivity index (χ3v) is 8.81. The lowest BCUT2D eigenvalue weighted by Gasteiger charge is -2.37. The Morgan fingerprint density at radius 2 is 1.58 bits per heavy atom. The Morgan fingerprint density at radius 3 is 2.22 bits per heavy atom. The lowest BCUT2D eigenvalue weighted by atomic mass is 9.80. The molecule has 0 amide bonds. The van der Waals surface area contributed by atoms with E-state index >= 15 is 4.39 Å². The lowest BCUT2D eigenvalue weighted by molar-refractivity contribution is -0.0935. The van der Waals surface area contributed by atoms with Crippen molar-refractivity contribution in [1.82, 2.24) is 14.5 Å². The van der Waals surface area contributed by atoms with Crippen molar-refractivity contribution in [3.8, 4) is 11.5 Å². The molecule has 5 aromatic rings. The first-order valence-electron chi connectivity index (χ1n) is 15.1. The number of alkyl halides is 1. The van der Waals surface area contributed by atoms with Crippen molar-refractivity contribution in [2.45, 2.75) is 43.1 Å². The number of aryl methyl sites for hydroxylation is 1. The van der Waals surface area contributed by atoms with Crippen LogP contribution in [0.1, 0.15) is 34.9 Å². The van der Waals surface area contributed by atoms with Gasteiger partial charge in [-0.1, -0.05) is 54.6 Å². The minimum Gasteiger partial charge on any atom is -0.497 e. The monoisotopic (exact) mass is 610 g/mol. The van der Waals surface area contributed by atoms with Crippen LogP contribution in [0.15, 0.2) is 91.4 Å². The molecule has 1 fully saturated rings. The maximum absolute atomic E-state index is 16.0. The number of aliphatic hydroxyl groups is 1. The second-order valence-corrected chi connectivity index (χ2v) is 11.3. The first-order chi connectivity index (χ1) is 22.0. The molecule has 0 bridgehead atoms. The van der Waals surface area contributed by atoms with Gasteiger partial charge in [-0.15, -0.1) is 0 Å². The zero-order valence-corrected chi connectivity index (χ0v) is 25.1. The molecule has 0 saturated carbocycles. The molecule has 4 heterocycles. The Hall–Kier alpha value is -4.51.